The topological polar surface area (TPSA) is 49.3 Å². The van der Waals surface area contributed by atoms with Crippen molar-refractivity contribution < 1.29 is 14.3 Å². The Morgan fingerprint density at radius 3 is 2.53 bits per heavy atom. The zero-order chi connectivity index (χ0) is 12.8. The van der Waals surface area contributed by atoms with Crippen LogP contribution < -0.4 is 5.32 Å². The van der Waals surface area contributed by atoms with Gasteiger partial charge in [0.1, 0.15) is 5.82 Å². The molecule has 0 saturated heterocycles. The summed E-state index contributed by atoms with van der Waals surface area (Å²) in [7, 11) is 0. The molecule has 1 rings (SSSR count). The Bertz CT molecular complexity index is 364. The third kappa shape index (κ3) is 4.53. The Hall–Kier alpha value is -1.42. The molecule has 3 nitrogen and oxygen atoms in total. The summed E-state index contributed by atoms with van der Waals surface area (Å²) in [4.78, 5) is 11.1. The van der Waals surface area contributed by atoms with Gasteiger partial charge in [-0.15, -0.1) is 0 Å². The van der Waals surface area contributed by atoms with Crippen LogP contribution in [-0.2, 0) is 4.79 Å². The molecule has 0 aliphatic heterocycles. The van der Waals surface area contributed by atoms with Gasteiger partial charge in [0, 0.05) is 12.5 Å². The van der Waals surface area contributed by atoms with Crippen LogP contribution in [0.25, 0.3) is 0 Å². The minimum Gasteiger partial charge on any atom is -0.388 e. The smallest absolute Gasteiger partial charge is 0.219 e. The normalized spacial score (nSPS) is 14.1. The molecule has 1 aromatic rings. The summed E-state index contributed by atoms with van der Waals surface area (Å²) in [6.45, 7) is 3.61. The monoisotopic (exact) mass is 239 g/mol. The van der Waals surface area contributed by atoms with Crippen LogP contribution in [0, 0.1) is 5.82 Å². The number of aliphatic hydroxyl groups is 1. The standard InChI is InChI=1S/C13H18FNO2/c1-3-13(17)15-9(2)8-12(16)10-4-6-11(14)7-5-10/h4-7,9,12,16H,3,8H2,1-2H3,(H,15,17). The highest BCUT2D eigenvalue weighted by atomic mass is 19.1. The predicted molar refractivity (Wildman–Crippen MR) is 63.9 cm³/mol. The number of rotatable bonds is 5. The molecule has 94 valence electrons. The van der Waals surface area contributed by atoms with E-state index in [2.05, 4.69) is 5.32 Å². The molecule has 0 radical (unpaired) electrons. The highest BCUT2D eigenvalue weighted by molar-refractivity contribution is 5.75. The second-order valence-corrected chi connectivity index (χ2v) is 4.13. The number of halogens is 1. The molecule has 0 aliphatic rings. The lowest BCUT2D eigenvalue weighted by Crippen LogP contribution is -2.33. The van der Waals surface area contributed by atoms with Gasteiger partial charge in [0.15, 0.2) is 0 Å². The van der Waals surface area contributed by atoms with Crippen LogP contribution in [-0.4, -0.2) is 17.1 Å². The molecule has 2 unspecified atom stereocenters. The van der Waals surface area contributed by atoms with Crippen molar-refractivity contribution in [2.75, 3.05) is 0 Å². The first-order valence-corrected chi connectivity index (χ1v) is 5.75. The van der Waals surface area contributed by atoms with Gasteiger partial charge in [0.25, 0.3) is 0 Å². The number of carbonyl (C=O) groups is 1. The fourth-order valence-electron chi connectivity index (χ4n) is 1.59. The maximum absolute atomic E-state index is 12.7. The van der Waals surface area contributed by atoms with Gasteiger partial charge in [-0.3, -0.25) is 4.79 Å². The van der Waals surface area contributed by atoms with E-state index in [0.717, 1.165) is 0 Å². The number of carbonyl (C=O) groups excluding carboxylic acids is 1. The minimum absolute atomic E-state index is 0.0381. The van der Waals surface area contributed by atoms with Crippen LogP contribution in [0.15, 0.2) is 24.3 Å². The first-order valence-electron chi connectivity index (χ1n) is 5.75. The van der Waals surface area contributed by atoms with Crippen molar-refractivity contribution in [2.24, 2.45) is 0 Å². The molecule has 2 N–H and O–H groups in total. The van der Waals surface area contributed by atoms with E-state index in [4.69, 9.17) is 0 Å². The molecule has 17 heavy (non-hydrogen) atoms. The molecule has 0 spiro atoms. The Labute approximate surface area is 101 Å². The number of hydrogen-bond acceptors (Lipinski definition) is 2. The quantitative estimate of drug-likeness (QED) is 0.827. The Balaban J connectivity index is 2.51. The molecule has 4 heteroatoms. The van der Waals surface area contributed by atoms with Gasteiger partial charge >= 0.3 is 0 Å². The summed E-state index contributed by atoms with van der Waals surface area (Å²) in [6.07, 6.45) is 0.150. The van der Waals surface area contributed by atoms with Crippen LogP contribution in [0.1, 0.15) is 38.4 Å². The van der Waals surface area contributed by atoms with Crippen LogP contribution in [0.5, 0.6) is 0 Å². The van der Waals surface area contributed by atoms with Gasteiger partial charge in [-0.2, -0.15) is 0 Å². The SMILES string of the molecule is CCC(=O)NC(C)CC(O)c1ccc(F)cc1. The molecule has 1 aromatic carbocycles. The van der Waals surface area contributed by atoms with E-state index in [1.54, 1.807) is 19.1 Å². The second-order valence-electron chi connectivity index (χ2n) is 4.13. The van der Waals surface area contributed by atoms with E-state index in [9.17, 15) is 14.3 Å². The molecular weight excluding hydrogens is 221 g/mol. The zero-order valence-corrected chi connectivity index (χ0v) is 10.1. The molecule has 0 aromatic heterocycles. The van der Waals surface area contributed by atoms with Gasteiger partial charge in [-0.05, 0) is 31.0 Å². The van der Waals surface area contributed by atoms with Crippen LogP contribution in [0.2, 0.25) is 0 Å². The summed E-state index contributed by atoms with van der Waals surface area (Å²) in [5, 5.41) is 12.7. The van der Waals surface area contributed by atoms with E-state index in [1.165, 1.54) is 12.1 Å². The number of amides is 1. The summed E-state index contributed by atoms with van der Waals surface area (Å²) in [5.74, 6) is -0.364. The van der Waals surface area contributed by atoms with E-state index in [0.29, 0.717) is 18.4 Å². The Morgan fingerprint density at radius 1 is 1.41 bits per heavy atom. The maximum Gasteiger partial charge on any atom is 0.219 e. The maximum atomic E-state index is 12.7. The van der Waals surface area contributed by atoms with Crippen LogP contribution in [0.3, 0.4) is 0 Å². The molecule has 0 heterocycles. The molecule has 0 fully saturated rings. The molecule has 2 atom stereocenters. The second kappa shape index (κ2) is 6.35. The average molecular weight is 239 g/mol. The highest BCUT2D eigenvalue weighted by Crippen LogP contribution is 2.18. The first kappa shape index (κ1) is 13.6. The van der Waals surface area contributed by atoms with Crippen molar-refractivity contribution >= 4 is 5.91 Å². The largest absolute Gasteiger partial charge is 0.388 e. The summed E-state index contributed by atoms with van der Waals surface area (Å²) in [6, 6.07) is 5.62. The Kier molecular flexibility index (Phi) is 5.10. The van der Waals surface area contributed by atoms with Gasteiger partial charge in [-0.1, -0.05) is 19.1 Å². The predicted octanol–water partition coefficient (Wildman–Crippen LogP) is 2.16. The third-order valence-electron chi connectivity index (χ3n) is 2.56. The number of nitrogens with one attached hydrogen (secondary N) is 1. The van der Waals surface area contributed by atoms with Crippen molar-refractivity contribution in [3.63, 3.8) is 0 Å². The van der Waals surface area contributed by atoms with Crippen LogP contribution in [0.4, 0.5) is 4.39 Å². The van der Waals surface area contributed by atoms with E-state index < -0.39 is 6.10 Å². The lowest BCUT2D eigenvalue weighted by molar-refractivity contribution is -0.121. The van der Waals surface area contributed by atoms with Crippen molar-refractivity contribution in [1.29, 1.82) is 0 Å². The van der Waals surface area contributed by atoms with Gasteiger partial charge < -0.3 is 10.4 Å². The number of benzene rings is 1. The summed E-state index contributed by atoms with van der Waals surface area (Å²) < 4.78 is 12.7. The van der Waals surface area contributed by atoms with Crippen LogP contribution >= 0.6 is 0 Å². The number of hydrogen-bond donors (Lipinski definition) is 2. The molecule has 0 bridgehead atoms. The Morgan fingerprint density at radius 2 is 2.00 bits per heavy atom. The van der Waals surface area contributed by atoms with Crippen molar-refractivity contribution in [3.05, 3.63) is 35.6 Å². The van der Waals surface area contributed by atoms with Gasteiger partial charge in [0.2, 0.25) is 5.91 Å². The molecule has 1 amide bonds. The van der Waals surface area contributed by atoms with Crippen molar-refractivity contribution in [1.82, 2.24) is 5.32 Å². The van der Waals surface area contributed by atoms with Gasteiger partial charge in [-0.25, -0.2) is 4.39 Å². The lowest BCUT2D eigenvalue weighted by atomic mass is 10.0. The third-order valence-corrected chi connectivity index (χ3v) is 2.56. The van der Waals surface area contributed by atoms with E-state index >= 15 is 0 Å². The van der Waals surface area contributed by atoms with Crippen molar-refractivity contribution in [2.45, 2.75) is 38.8 Å². The average Bonchev–Trinajstić information content (AvgIpc) is 2.29. The van der Waals surface area contributed by atoms with E-state index in [-0.39, 0.29) is 17.8 Å². The number of aliphatic hydroxyl groups excluding tert-OH is 1. The summed E-state index contributed by atoms with van der Waals surface area (Å²) >= 11 is 0. The molecular formula is C13H18FNO2. The highest BCUT2D eigenvalue weighted by Gasteiger charge is 2.13. The minimum atomic E-state index is -0.692. The zero-order valence-electron chi connectivity index (χ0n) is 10.1. The lowest BCUT2D eigenvalue weighted by Gasteiger charge is -2.17. The fourth-order valence-corrected chi connectivity index (χ4v) is 1.59. The first-order chi connectivity index (χ1) is 8.02. The summed E-state index contributed by atoms with van der Waals surface area (Å²) in [5.41, 5.74) is 0.656. The van der Waals surface area contributed by atoms with E-state index in [1.807, 2.05) is 6.92 Å². The van der Waals surface area contributed by atoms with Gasteiger partial charge in [0.05, 0.1) is 6.10 Å². The van der Waals surface area contributed by atoms with Crippen molar-refractivity contribution in [3.8, 4) is 0 Å². The fraction of sp³-hybridized carbons (Fsp3) is 0.462. The molecule has 0 saturated carbocycles. The molecule has 0 aliphatic carbocycles.